The first kappa shape index (κ1) is 26.1. The van der Waals surface area contributed by atoms with Crippen LogP contribution in [0.2, 0.25) is 0 Å². The molecule has 3 heterocycles. The van der Waals surface area contributed by atoms with Gasteiger partial charge < -0.3 is 24.7 Å². The third kappa shape index (κ3) is 6.78. The van der Waals surface area contributed by atoms with E-state index in [9.17, 15) is 19.8 Å². The number of ether oxygens (including phenoxy) is 1. The van der Waals surface area contributed by atoms with Gasteiger partial charge in [0.1, 0.15) is 17.8 Å². The van der Waals surface area contributed by atoms with Gasteiger partial charge in [-0.2, -0.15) is 0 Å². The average molecular weight is 481 g/mol. The summed E-state index contributed by atoms with van der Waals surface area (Å²) in [5.41, 5.74) is 1.37. The van der Waals surface area contributed by atoms with Crippen molar-refractivity contribution in [3.8, 4) is 17.7 Å². The van der Waals surface area contributed by atoms with E-state index in [0.717, 1.165) is 0 Å². The maximum atomic E-state index is 13.4. The lowest BCUT2D eigenvalue weighted by atomic mass is 9.99. The minimum atomic E-state index is -0.820. The molecule has 0 spiro atoms. The molecule has 2 N–H and O–H groups in total. The van der Waals surface area contributed by atoms with Gasteiger partial charge in [-0.25, -0.2) is 4.98 Å². The minimum absolute atomic E-state index is 0.102. The highest BCUT2D eigenvalue weighted by molar-refractivity contribution is 5.97. The van der Waals surface area contributed by atoms with Crippen LogP contribution in [-0.4, -0.2) is 86.8 Å². The molecular formula is C26H32N4O5. The highest BCUT2D eigenvalue weighted by atomic mass is 16.5. The summed E-state index contributed by atoms with van der Waals surface area (Å²) in [6.45, 7) is 5.68. The van der Waals surface area contributed by atoms with Crippen molar-refractivity contribution in [1.29, 1.82) is 0 Å². The fourth-order valence-electron chi connectivity index (χ4n) is 3.74. The number of aromatic nitrogens is 2. The highest BCUT2D eigenvalue weighted by Crippen LogP contribution is 2.27. The zero-order valence-electron chi connectivity index (χ0n) is 20.5. The molecule has 0 fully saturated rings. The first-order valence-electron chi connectivity index (χ1n) is 11.6. The van der Waals surface area contributed by atoms with Crippen LogP contribution in [0.1, 0.15) is 42.4 Å². The molecule has 186 valence electrons. The van der Waals surface area contributed by atoms with Crippen LogP contribution in [0.3, 0.4) is 0 Å². The third-order valence-electron chi connectivity index (χ3n) is 5.88. The Labute approximate surface area is 205 Å². The van der Waals surface area contributed by atoms with Gasteiger partial charge in [-0.05, 0) is 32.0 Å². The lowest BCUT2D eigenvalue weighted by Crippen LogP contribution is -2.50. The summed E-state index contributed by atoms with van der Waals surface area (Å²) in [4.78, 5) is 38.0. The second-order valence-electron chi connectivity index (χ2n) is 8.92. The van der Waals surface area contributed by atoms with Gasteiger partial charge in [0, 0.05) is 43.2 Å². The Morgan fingerprint density at radius 1 is 1.34 bits per heavy atom. The van der Waals surface area contributed by atoms with Crippen molar-refractivity contribution in [3.63, 3.8) is 0 Å². The van der Waals surface area contributed by atoms with E-state index in [1.807, 2.05) is 13.0 Å². The largest absolute Gasteiger partial charge is 0.472 e. The molecular weight excluding hydrogens is 448 g/mol. The van der Waals surface area contributed by atoms with Gasteiger partial charge >= 0.3 is 0 Å². The Morgan fingerprint density at radius 3 is 2.77 bits per heavy atom. The third-order valence-corrected chi connectivity index (χ3v) is 5.88. The SMILES string of the molecule is C[C@H](CO)N1C[C@H](C)[C@H](CN(C)C(=O)Cc2ccccn2)Oc2ncc(C#C[C@@H](C)O)cc2C1=O. The van der Waals surface area contributed by atoms with Crippen LogP contribution in [0, 0.1) is 17.8 Å². The summed E-state index contributed by atoms with van der Waals surface area (Å²) < 4.78 is 6.20. The number of amides is 2. The van der Waals surface area contributed by atoms with Gasteiger partial charge in [-0.3, -0.25) is 14.6 Å². The summed E-state index contributed by atoms with van der Waals surface area (Å²) >= 11 is 0. The van der Waals surface area contributed by atoms with Crippen molar-refractivity contribution >= 4 is 11.8 Å². The predicted octanol–water partition coefficient (Wildman–Crippen LogP) is 1.13. The molecule has 3 rings (SSSR count). The molecule has 4 atom stereocenters. The van der Waals surface area contributed by atoms with Crippen molar-refractivity contribution in [2.75, 3.05) is 26.7 Å². The van der Waals surface area contributed by atoms with Crippen LogP contribution in [-0.2, 0) is 11.2 Å². The number of aliphatic hydroxyl groups excluding tert-OH is 2. The number of hydrogen-bond donors (Lipinski definition) is 2. The topological polar surface area (TPSA) is 116 Å². The molecule has 1 aliphatic rings. The molecule has 0 bridgehead atoms. The van der Waals surface area contributed by atoms with E-state index in [4.69, 9.17) is 4.74 Å². The summed E-state index contributed by atoms with van der Waals surface area (Å²) in [6, 6.07) is 6.60. The van der Waals surface area contributed by atoms with E-state index in [1.54, 1.807) is 55.1 Å². The maximum Gasteiger partial charge on any atom is 0.259 e. The van der Waals surface area contributed by atoms with Crippen molar-refractivity contribution in [1.82, 2.24) is 19.8 Å². The number of hydrogen-bond acceptors (Lipinski definition) is 7. The molecule has 0 saturated heterocycles. The Bertz CT molecular complexity index is 1100. The fraction of sp³-hybridized carbons (Fsp3) is 0.462. The molecule has 0 radical (unpaired) electrons. The quantitative estimate of drug-likeness (QED) is 0.596. The van der Waals surface area contributed by atoms with Crippen LogP contribution in [0.25, 0.3) is 0 Å². The minimum Gasteiger partial charge on any atom is -0.472 e. The van der Waals surface area contributed by atoms with Gasteiger partial charge in [0.15, 0.2) is 0 Å². The highest BCUT2D eigenvalue weighted by Gasteiger charge is 2.34. The van der Waals surface area contributed by atoms with Gasteiger partial charge in [-0.15, -0.1) is 0 Å². The molecule has 2 aromatic rings. The van der Waals surface area contributed by atoms with E-state index >= 15 is 0 Å². The molecule has 2 amide bonds. The number of fused-ring (bicyclic) bond motifs is 1. The van der Waals surface area contributed by atoms with Crippen LogP contribution < -0.4 is 4.74 Å². The molecule has 1 aliphatic heterocycles. The van der Waals surface area contributed by atoms with Crippen LogP contribution >= 0.6 is 0 Å². The number of rotatable bonds is 6. The molecule has 0 unspecified atom stereocenters. The second-order valence-corrected chi connectivity index (χ2v) is 8.92. The van der Waals surface area contributed by atoms with E-state index in [0.29, 0.717) is 17.8 Å². The lowest BCUT2D eigenvalue weighted by molar-refractivity contribution is -0.130. The van der Waals surface area contributed by atoms with E-state index in [2.05, 4.69) is 21.8 Å². The monoisotopic (exact) mass is 480 g/mol. The van der Waals surface area contributed by atoms with Gasteiger partial charge in [0.25, 0.3) is 5.91 Å². The number of aliphatic hydroxyl groups is 2. The first-order valence-corrected chi connectivity index (χ1v) is 11.6. The van der Waals surface area contributed by atoms with Gasteiger partial charge in [0.05, 0.1) is 25.6 Å². The summed E-state index contributed by atoms with van der Waals surface area (Å²) in [7, 11) is 1.71. The Hall–Kier alpha value is -3.48. The molecule has 9 heteroatoms. The second kappa shape index (κ2) is 11.8. The predicted molar refractivity (Wildman–Crippen MR) is 130 cm³/mol. The smallest absolute Gasteiger partial charge is 0.259 e. The summed E-state index contributed by atoms with van der Waals surface area (Å²) in [5, 5.41) is 19.2. The zero-order chi connectivity index (χ0) is 25.5. The molecule has 0 saturated carbocycles. The fourth-order valence-corrected chi connectivity index (χ4v) is 3.74. The first-order chi connectivity index (χ1) is 16.7. The molecule has 35 heavy (non-hydrogen) atoms. The van der Waals surface area contributed by atoms with E-state index in [-0.39, 0.29) is 48.7 Å². The number of carbonyl (C=O) groups excluding carboxylic acids is 2. The van der Waals surface area contributed by atoms with Crippen LogP contribution in [0.15, 0.2) is 36.7 Å². The van der Waals surface area contributed by atoms with E-state index < -0.39 is 18.2 Å². The summed E-state index contributed by atoms with van der Waals surface area (Å²) in [6.07, 6.45) is 2.04. The number of nitrogens with zero attached hydrogens (tertiary/aromatic N) is 4. The average Bonchev–Trinajstić information content (AvgIpc) is 2.84. The number of pyridine rings is 2. The maximum absolute atomic E-state index is 13.4. The summed E-state index contributed by atoms with van der Waals surface area (Å²) in [5.74, 6) is 5.02. The molecule has 0 aliphatic carbocycles. The Morgan fingerprint density at radius 2 is 2.11 bits per heavy atom. The van der Waals surface area contributed by atoms with Crippen LogP contribution in [0.4, 0.5) is 0 Å². The van der Waals surface area contributed by atoms with Crippen LogP contribution in [0.5, 0.6) is 5.88 Å². The Balaban J connectivity index is 1.89. The molecule has 9 nitrogen and oxygen atoms in total. The van der Waals surface area contributed by atoms with E-state index in [1.165, 1.54) is 6.20 Å². The number of carbonyl (C=O) groups is 2. The normalized spacial score (nSPS) is 19.3. The molecule has 2 aromatic heterocycles. The number of likely N-dealkylation sites (N-methyl/N-ethyl adjacent to an activating group) is 1. The standard InChI is InChI=1S/C26H32N4O5/c1-17-14-30(18(2)16-31)26(34)22-11-20(9-8-19(3)32)13-28-25(22)35-23(17)15-29(4)24(33)12-21-7-5-6-10-27-21/h5-7,10-11,13,17-19,23,31-32H,12,14-16H2,1-4H3/t17-,18+,19+,23-/m0/s1. The van der Waals surface area contributed by atoms with Crippen molar-refractivity contribution in [2.24, 2.45) is 5.92 Å². The van der Waals surface area contributed by atoms with Crippen molar-refractivity contribution < 1.29 is 24.5 Å². The van der Waals surface area contributed by atoms with Crippen molar-refractivity contribution in [2.45, 2.75) is 45.4 Å². The van der Waals surface area contributed by atoms with Gasteiger partial charge in [0.2, 0.25) is 11.8 Å². The molecule has 0 aromatic carbocycles. The van der Waals surface area contributed by atoms with Crippen molar-refractivity contribution in [3.05, 3.63) is 53.5 Å². The zero-order valence-corrected chi connectivity index (χ0v) is 20.5. The Kier molecular flexibility index (Phi) is 8.79. The lowest BCUT2D eigenvalue weighted by Gasteiger charge is -2.37. The van der Waals surface area contributed by atoms with Gasteiger partial charge in [-0.1, -0.05) is 24.8 Å².